The summed E-state index contributed by atoms with van der Waals surface area (Å²) in [6.45, 7) is 7.71. The van der Waals surface area contributed by atoms with Crippen molar-refractivity contribution in [3.05, 3.63) is 34.9 Å². The van der Waals surface area contributed by atoms with E-state index in [4.69, 9.17) is 0 Å². The Labute approximate surface area is 98.3 Å². The first-order valence-corrected chi connectivity index (χ1v) is 5.98. The summed E-state index contributed by atoms with van der Waals surface area (Å²) in [4.78, 5) is 13.5. The summed E-state index contributed by atoms with van der Waals surface area (Å²) in [7, 11) is 2.11. The zero-order valence-corrected chi connectivity index (χ0v) is 10.7. The molecule has 1 aromatic rings. The van der Waals surface area contributed by atoms with Crippen LogP contribution in [0.2, 0.25) is 0 Å². The first kappa shape index (κ1) is 12.9. The van der Waals surface area contributed by atoms with Crippen LogP contribution in [-0.2, 0) is 13.0 Å². The number of Topliss-reactive ketones (excluding diaryl/α,β-unsaturated/α-hetero) is 1. The van der Waals surface area contributed by atoms with Crippen molar-refractivity contribution in [1.82, 2.24) is 4.90 Å². The third-order valence-corrected chi connectivity index (χ3v) is 2.82. The number of nitrogens with zero attached hydrogens (tertiary/aromatic N) is 1. The molecule has 0 saturated carbocycles. The Bertz CT molecular complexity index is 371. The SMILES string of the molecule is CC.CC(=O)c1ccc2c(c1)CN(C)CC2. The fourth-order valence-corrected chi connectivity index (χ4v) is 1.92. The molecule has 0 atom stereocenters. The first-order chi connectivity index (χ1) is 7.66. The largest absolute Gasteiger partial charge is 0.302 e. The highest BCUT2D eigenvalue weighted by atomic mass is 16.1. The summed E-state index contributed by atoms with van der Waals surface area (Å²) < 4.78 is 0. The van der Waals surface area contributed by atoms with Gasteiger partial charge in [-0.2, -0.15) is 0 Å². The lowest BCUT2D eigenvalue weighted by molar-refractivity contribution is 0.101. The lowest BCUT2D eigenvalue weighted by atomic mass is 9.97. The molecule has 1 aliphatic heterocycles. The van der Waals surface area contributed by atoms with Crippen LogP contribution in [0.1, 0.15) is 42.3 Å². The van der Waals surface area contributed by atoms with E-state index >= 15 is 0 Å². The van der Waals surface area contributed by atoms with Crippen LogP contribution >= 0.6 is 0 Å². The highest BCUT2D eigenvalue weighted by Crippen LogP contribution is 2.19. The Morgan fingerprint density at radius 1 is 1.25 bits per heavy atom. The monoisotopic (exact) mass is 219 g/mol. The van der Waals surface area contributed by atoms with E-state index in [-0.39, 0.29) is 5.78 Å². The van der Waals surface area contributed by atoms with Crippen molar-refractivity contribution in [2.45, 2.75) is 33.7 Å². The van der Waals surface area contributed by atoms with Crippen molar-refractivity contribution >= 4 is 5.78 Å². The molecule has 0 spiro atoms. The van der Waals surface area contributed by atoms with E-state index in [1.807, 2.05) is 26.0 Å². The van der Waals surface area contributed by atoms with E-state index < -0.39 is 0 Å². The maximum Gasteiger partial charge on any atom is 0.159 e. The number of carbonyl (C=O) groups is 1. The smallest absolute Gasteiger partial charge is 0.159 e. The number of benzene rings is 1. The topological polar surface area (TPSA) is 20.3 Å². The summed E-state index contributed by atoms with van der Waals surface area (Å²) >= 11 is 0. The normalized spacial score (nSPS) is 14.8. The average Bonchev–Trinajstić information content (AvgIpc) is 2.30. The molecule has 0 unspecified atom stereocenters. The van der Waals surface area contributed by atoms with Gasteiger partial charge in [0, 0.05) is 18.7 Å². The predicted molar refractivity (Wildman–Crippen MR) is 67.8 cm³/mol. The van der Waals surface area contributed by atoms with Crippen LogP contribution in [0, 0.1) is 0 Å². The molecule has 0 bridgehead atoms. The second kappa shape index (κ2) is 5.80. The van der Waals surface area contributed by atoms with Gasteiger partial charge >= 0.3 is 0 Å². The van der Waals surface area contributed by atoms with Crippen LogP contribution in [0.25, 0.3) is 0 Å². The standard InChI is InChI=1S/C12H15NO.C2H6/c1-9(14)11-4-3-10-5-6-13(2)8-12(10)7-11;1-2/h3-4,7H,5-6,8H2,1-2H3;1-2H3. The molecule has 1 aliphatic rings. The van der Waals surface area contributed by atoms with Gasteiger partial charge in [-0.25, -0.2) is 0 Å². The van der Waals surface area contributed by atoms with Crippen molar-refractivity contribution in [2.24, 2.45) is 0 Å². The van der Waals surface area contributed by atoms with E-state index in [1.54, 1.807) is 6.92 Å². The molecule has 1 heterocycles. The molecule has 0 aliphatic carbocycles. The molecule has 0 N–H and O–H groups in total. The molecule has 0 radical (unpaired) electrons. The molecule has 2 heteroatoms. The summed E-state index contributed by atoms with van der Waals surface area (Å²) in [6.07, 6.45) is 1.10. The van der Waals surface area contributed by atoms with Gasteiger partial charge in [0.2, 0.25) is 0 Å². The zero-order valence-electron chi connectivity index (χ0n) is 10.7. The Morgan fingerprint density at radius 3 is 2.56 bits per heavy atom. The molecule has 16 heavy (non-hydrogen) atoms. The number of likely N-dealkylation sites (N-methyl/N-ethyl adjacent to an activating group) is 1. The van der Waals surface area contributed by atoms with E-state index in [1.165, 1.54) is 11.1 Å². The van der Waals surface area contributed by atoms with Gasteiger partial charge in [-0.05, 0) is 37.6 Å². The number of carbonyl (C=O) groups excluding carboxylic acids is 1. The molecular formula is C14H21NO. The maximum atomic E-state index is 11.2. The van der Waals surface area contributed by atoms with E-state index in [0.29, 0.717) is 0 Å². The molecule has 0 aromatic heterocycles. The van der Waals surface area contributed by atoms with Crippen LogP contribution in [0.3, 0.4) is 0 Å². The summed E-state index contributed by atoms with van der Waals surface area (Å²) in [6, 6.07) is 6.07. The number of ketones is 1. The second-order valence-corrected chi connectivity index (χ2v) is 4.03. The van der Waals surface area contributed by atoms with Gasteiger partial charge in [0.1, 0.15) is 0 Å². The minimum atomic E-state index is 0.154. The van der Waals surface area contributed by atoms with Crippen molar-refractivity contribution in [3.63, 3.8) is 0 Å². The van der Waals surface area contributed by atoms with Gasteiger partial charge in [-0.1, -0.05) is 26.0 Å². The number of hydrogen-bond acceptors (Lipinski definition) is 2. The molecular weight excluding hydrogens is 198 g/mol. The lowest BCUT2D eigenvalue weighted by Gasteiger charge is -2.25. The lowest BCUT2D eigenvalue weighted by Crippen LogP contribution is -2.26. The van der Waals surface area contributed by atoms with Gasteiger partial charge < -0.3 is 4.90 Å². The van der Waals surface area contributed by atoms with Crippen molar-refractivity contribution in [1.29, 1.82) is 0 Å². The van der Waals surface area contributed by atoms with Crippen LogP contribution in [0.5, 0.6) is 0 Å². The molecule has 1 aromatic carbocycles. The average molecular weight is 219 g/mol. The minimum Gasteiger partial charge on any atom is -0.302 e. The first-order valence-electron chi connectivity index (χ1n) is 5.98. The minimum absolute atomic E-state index is 0.154. The predicted octanol–water partition coefficient (Wildman–Crippen LogP) is 2.90. The molecule has 0 saturated heterocycles. The third-order valence-electron chi connectivity index (χ3n) is 2.82. The molecule has 0 amide bonds. The fraction of sp³-hybridized carbons (Fsp3) is 0.500. The number of rotatable bonds is 1. The van der Waals surface area contributed by atoms with Crippen molar-refractivity contribution in [2.75, 3.05) is 13.6 Å². The van der Waals surface area contributed by atoms with Gasteiger partial charge in [-0.3, -0.25) is 4.79 Å². The van der Waals surface area contributed by atoms with Crippen LogP contribution in [0.15, 0.2) is 18.2 Å². The van der Waals surface area contributed by atoms with Gasteiger partial charge in [0.25, 0.3) is 0 Å². The molecule has 88 valence electrons. The molecule has 0 fully saturated rings. The van der Waals surface area contributed by atoms with E-state index in [0.717, 1.165) is 25.1 Å². The van der Waals surface area contributed by atoms with Crippen molar-refractivity contribution in [3.8, 4) is 0 Å². The summed E-state index contributed by atoms with van der Waals surface area (Å²) in [5, 5.41) is 0. The highest BCUT2D eigenvalue weighted by Gasteiger charge is 2.13. The Balaban J connectivity index is 0.000000606. The Morgan fingerprint density at radius 2 is 1.94 bits per heavy atom. The van der Waals surface area contributed by atoms with Crippen LogP contribution in [-0.4, -0.2) is 24.3 Å². The van der Waals surface area contributed by atoms with Gasteiger partial charge in [0.15, 0.2) is 5.78 Å². The summed E-state index contributed by atoms with van der Waals surface area (Å²) in [5.41, 5.74) is 3.54. The second-order valence-electron chi connectivity index (χ2n) is 4.03. The zero-order chi connectivity index (χ0) is 12.1. The van der Waals surface area contributed by atoms with Crippen LogP contribution < -0.4 is 0 Å². The van der Waals surface area contributed by atoms with Gasteiger partial charge in [-0.15, -0.1) is 0 Å². The Hall–Kier alpha value is -1.15. The summed E-state index contributed by atoms with van der Waals surface area (Å²) in [5.74, 6) is 0.154. The fourth-order valence-electron chi connectivity index (χ4n) is 1.92. The molecule has 2 nitrogen and oxygen atoms in total. The number of hydrogen-bond donors (Lipinski definition) is 0. The van der Waals surface area contributed by atoms with E-state index in [9.17, 15) is 4.79 Å². The molecule has 2 rings (SSSR count). The number of fused-ring (bicyclic) bond motifs is 1. The van der Waals surface area contributed by atoms with Crippen LogP contribution in [0.4, 0.5) is 0 Å². The van der Waals surface area contributed by atoms with E-state index in [2.05, 4.69) is 18.0 Å². The van der Waals surface area contributed by atoms with Gasteiger partial charge in [0.05, 0.1) is 0 Å². The Kier molecular flexibility index (Phi) is 4.69. The maximum absolute atomic E-state index is 11.2. The quantitative estimate of drug-likeness (QED) is 0.677. The van der Waals surface area contributed by atoms with Crippen molar-refractivity contribution < 1.29 is 4.79 Å². The highest BCUT2D eigenvalue weighted by molar-refractivity contribution is 5.94. The third kappa shape index (κ3) is 2.92.